The van der Waals surface area contributed by atoms with E-state index in [1.54, 1.807) is 6.07 Å². The van der Waals surface area contributed by atoms with Gasteiger partial charge in [0, 0.05) is 39.4 Å². The molecule has 0 unspecified atom stereocenters. The van der Waals surface area contributed by atoms with Gasteiger partial charge in [0.25, 0.3) is 5.56 Å². The van der Waals surface area contributed by atoms with Crippen molar-refractivity contribution >= 4 is 34.3 Å². The summed E-state index contributed by atoms with van der Waals surface area (Å²) in [6, 6.07) is 9.67. The first kappa shape index (κ1) is 15.1. The quantitative estimate of drug-likeness (QED) is 0.775. The predicted molar refractivity (Wildman–Crippen MR) is 97.2 cm³/mol. The van der Waals surface area contributed by atoms with E-state index < -0.39 is 0 Å². The highest BCUT2D eigenvalue weighted by Gasteiger charge is 2.21. The van der Waals surface area contributed by atoms with E-state index in [0.29, 0.717) is 17.0 Å². The van der Waals surface area contributed by atoms with Gasteiger partial charge in [-0.2, -0.15) is 4.98 Å². The van der Waals surface area contributed by atoms with Crippen LogP contribution in [0.2, 0.25) is 5.02 Å². The monoisotopic (exact) mass is 343 g/mol. The molecular formula is C17H18ClN5O. The van der Waals surface area contributed by atoms with E-state index in [0.717, 1.165) is 36.9 Å². The van der Waals surface area contributed by atoms with Gasteiger partial charge in [-0.3, -0.25) is 9.78 Å². The van der Waals surface area contributed by atoms with E-state index in [-0.39, 0.29) is 5.56 Å². The number of anilines is 2. The van der Waals surface area contributed by atoms with Crippen molar-refractivity contribution in [2.75, 3.05) is 36.0 Å². The van der Waals surface area contributed by atoms with E-state index in [1.807, 2.05) is 42.1 Å². The number of aromatic nitrogens is 3. The third-order valence-corrected chi connectivity index (χ3v) is 4.81. The largest absolute Gasteiger partial charge is 0.367 e. The molecule has 4 rings (SSSR count). The maximum absolute atomic E-state index is 12.2. The van der Waals surface area contributed by atoms with Gasteiger partial charge in [-0.1, -0.05) is 23.7 Å². The second kappa shape index (κ2) is 5.87. The Morgan fingerprint density at radius 1 is 1.08 bits per heavy atom. The number of piperazine rings is 1. The van der Waals surface area contributed by atoms with Crippen molar-refractivity contribution in [2.24, 2.45) is 7.05 Å². The van der Waals surface area contributed by atoms with Gasteiger partial charge < -0.3 is 14.4 Å². The Morgan fingerprint density at radius 3 is 2.54 bits per heavy atom. The van der Waals surface area contributed by atoms with E-state index in [1.165, 1.54) is 0 Å². The molecule has 24 heavy (non-hydrogen) atoms. The summed E-state index contributed by atoms with van der Waals surface area (Å²) in [5.41, 5.74) is 1.67. The molecule has 0 bridgehead atoms. The zero-order valence-corrected chi connectivity index (χ0v) is 14.1. The van der Waals surface area contributed by atoms with Crippen molar-refractivity contribution in [2.45, 2.75) is 0 Å². The van der Waals surface area contributed by atoms with Gasteiger partial charge in [0.05, 0.1) is 16.1 Å². The third kappa shape index (κ3) is 2.53. The van der Waals surface area contributed by atoms with Crippen molar-refractivity contribution in [1.29, 1.82) is 0 Å². The molecule has 1 aromatic carbocycles. The van der Waals surface area contributed by atoms with Gasteiger partial charge in [-0.15, -0.1) is 0 Å². The molecule has 2 aromatic heterocycles. The number of aryl methyl sites for hydroxylation is 1. The maximum Gasteiger partial charge on any atom is 0.261 e. The number of nitrogens with one attached hydrogen (secondary N) is 1. The summed E-state index contributed by atoms with van der Waals surface area (Å²) in [7, 11) is 1.90. The first-order chi connectivity index (χ1) is 11.6. The topological polar surface area (TPSA) is 57.2 Å². The highest BCUT2D eigenvalue weighted by molar-refractivity contribution is 6.33. The van der Waals surface area contributed by atoms with Crippen LogP contribution in [-0.2, 0) is 7.05 Å². The van der Waals surface area contributed by atoms with E-state index in [2.05, 4.69) is 19.8 Å². The van der Waals surface area contributed by atoms with Crippen molar-refractivity contribution in [3.63, 3.8) is 0 Å². The molecule has 7 heteroatoms. The smallest absolute Gasteiger partial charge is 0.261 e. The zero-order valence-electron chi connectivity index (χ0n) is 13.4. The summed E-state index contributed by atoms with van der Waals surface area (Å²) in [6.45, 7) is 3.23. The lowest BCUT2D eigenvalue weighted by atomic mass is 10.2. The van der Waals surface area contributed by atoms with Gasteiger partial charge in [-0.05, 0) is 18.2 Å². The number of rotatable bonds is 2. The summed E-state index contributed by atoms with van der Waals surface area (Å²) in [4.78, 5) is 24.1. The molecule has 0 amide bonds. The molecule has 124 valence electrons. The molecule has 3 aromatic rings. The van der Waals surface area contributed by atoms with Crippen LogP contribution in [0.1, 0.15) is 0 Å². The number of hydrogen-bond donors (Lipinski definition) is 1. The van der Waals surface area contributed by atoms with Crippen LogP contribution in [0.4, 0.5) is 11.6 Å². The number of aromatic amines is 1. The van der Waals surface area contributed by atoms with Crippen molar-refractivity contribution in [3.8, 4) is 0 Å². The Labute approximate surface area is 144 Å². The summed E-state index contributed by atoms with van der Waals surface area (Å²) in [5, 5.41) is 1.39. The van der Waals surface area contributed by atoms with Crippen LogP contribution in [0.25, 0.3) is 11.0 Å². The second-order valence-corrected chi connectivity index (χ2v) is 6.39. The summed E-state index contributed by atoms with van der Waals surface area (Å²) in [5.74, 6) is 0.633. The van der Waals surface area contributed by atoms with Crippen molar-refractivity contribution in [3.05, 3.63) is 51.9 Å². The van der Waals surface area contributed by atoms with Crippen LogP contribution in [0, 0.1) is 0 Å². The predicted octanol–water partition coefficient (Wildman–Crippen LogP) is 2.24. The lowest BCUT2D eigenvalue weighted by Crippen LogP contribution is -2.47. The van der Waals surface area contributed by atoms with Crippen LogP contribution in [0.15, 0.2) is 41.3 Å². The normalized spacial score (nSPS) is 15.2. The van der Waals surface area contributed by atoms with Gasteiger partial charge in [-0.25, -0.2) is 0 Å². The molecule has 0 saturated carbocycles. The minimum atomic E-state index is -0.0934. The summed E-state index contributed by atoms with van der Waals surface area (Å²) < 4.78 is 1.87. The number of para-hydroxylation sites is 1. The molecule has 0 radical (unpaired) electrons. The fraction of sp³-hybridized carbons (Fsp3) is 0.294. The SMILES string of the molecule is Cn1ccc2c(=O)[nH]c(N3CCN(c4ccccc4Cl)CC3)nc21. The van der Waals surface area contributed by atoms with Crippen LogP contribution in [-0.4, -0.2) is 40.7 Å². The average molecular weight is 344 g/mol. The van der Waals surface area contributed by atoms with Gasteiger partial charge in [0.2, 0.25) is 5.95 Å². The summed E-state index contributed by atoms with van der Waals surface area (Å²) >= 11 is 6.28. The zero-order chi connectivity index (χ0) is 16.7. The fourth-order valence-corrected chi connectivity index (χ4v) is 3.41. The summed E-state index contributed by atoms with van der Waals surface area (Å²) in [6.07, 6.45) is 1.85. The van der Waals surface area contributed by atoms with Gasteiger partial charge in [0.1, 0.15) is 5.65 Å². The molecule has 1 saturated heterocycles. The van der Waals surface area contributed by atoms with Crippen LogP contribution in [0.3, 0.4) is 0 Å². The van der Waals surface area contributed by atoms with Crippen LogP contribution >= 0.6 is 11.6 Å². The Hall–Kier alpha value is -2.47. The van der Waals surface area contributed by atoms with E-state index in [9.17, 15) is 4.79 Å². The Bertz CT molecular complexity index is 940. The average Bonchev–Trinajstić information content (AvgIpc) is 2.97. The highest BCUT2D eigenvalue weighted by atomic mass is 35.5. The van der Waals surface area contributed by atoms with E-state index in [4.69, 9.17) is 11.6 Å². The lowest BCUT2D eigenvalue weighted by molar-refractivity contribution is 0.640. The molecular weight excluding hydrogens is 326 g/mol. The highest BCUT2D eigenvalue weighted by Crippen LogP contribution is 2.26. The van der Waals surface area contributed by atoms with Gasteiger partial charge in [0.15, 0.2) is 0 Å². The molecule has 1 aliphatic rings. The molecule has 3 heterocycles. The van der Waals surface area contributed by atoms with Gasteiger partial charge >= 0.3 is 0 Å². The lowest BCUT2D eigenvalue weighted by Gasteiger charge is -2.36. The molecule has 0 atom stereocenters. The first-order valence-electron chi connectivity index (χ1n) is 7.93. The molecule has 0 spiro atoms. The van der Waals surface area contributed by atoms with E-state index >= 15 is 0 Å². The number of benzene rings is 1. The molecule has 1 aliphatic heterocycles. The third-order valence-electron chi connectivity index (χ3n) is 4.49. The minimum Gasteiger partial charge on any atom is -0.367 e. The van der Waals surface area contributed by atoms with Crippen molar-refractivity contribution < 1.29 is 0 Å². The molecule has 6 nitrogen and oxygen atoms in total. The number of halogens is 1. The molecule has 1 N–H and O–H groups in total. The van der Waals surface area contributed by atoms with Crippen molar-refractivity contribution in [1.82, 2.24) is 14.5 Å². The molecule has 0 aliphatic carbocycles. The first-order valence-corrected chi connectivity index (χ1v) is 8.31. The fourth-order valence-electron chi connectivity index (χ4n) is 3.15. The molecule has 1 fully saturated rings. The number of H-pyrrole nitrogens is 1. The number of hydrogen-bond acceptors (Lipinski definition) is 4. The number of nitrogens with zero attached hydrogens (tertiary/aromatic N) is 4. The number of fused-ring (bicyclic) bond motifs is 1. The Balaban J connectivity index is 1.57. The minimum absolute atomic E-state index is 0.0934. The standard InChI is InChI=1S/C17H18ClN5O/c1-21-7-6-12-15(21)19-17(20-16(12)24)23-10-8-22(9-11-23)14-5-3-2-4-13(14)18/h2-7H,8-11H2,1H3,(H,19,20,24). The van der Waals surface area contributed by atoms with Crippen LogP contribution < -0.4 is 15.4 Å². The van der Waals surface area contributed by atoms with Crippen LogP contribution in [0.5, 0.6) is 0 Å². The maximum atomic E-state index is 12.2. The Morgan fingerprint density at radius 2 is 1.79 bits per heavy atom. The second-order valence-electron chi connectivity index (χ2n) is 5.98. The Kier molecular flexibility index (Phi) is 3.69.